The average molecular weight is 479 g/mol. The lowest BCUT2D eigenvalue weighted by Crippen LogP contribution is -2.45. The molecular formula is C23H24F2N2O5S. The molecule has 0 amide bonds. The SMILES string of the molecule is O=S(=O)(NCC1CCN(C[C@H]2COc3ccc4occc4c3O2)CC1)c1ccc(F)cc1F. The second kappa shape index (κ2) is 8.92. The lowest BCUT2D eigenvalue weighted by atomic mass is 9.97. The number of fused-ring (bicyclic) bond motifs is 3. The van der Waals surface area contributed by atoms with Crippen LogP contribution in [0.15, 0.2) is 52.0 Å². The van der Waals surface area contributed by atoms with E-state index in [1.54, 1.807) is 6.26 Å². The normalized spacial score (nSPS) is 19.8. The van der Waals surface area contributed by atoms with Crippen LogP contribution in [0, 0.1) is 17.6 Å². The van der Waals surface area contributed by atoms with Crippen molar-refractivity contribution < 1.29 is 31.1 Å². The van der Waals surface area contributed by atoms with Crippen molar-refractivity contribution in [1.29, 1.82) is 0 Å². The monoisotopic (exact) mass is 478 g/mol. The van der Waals surface area contributed by atoms with E-state index in [4.69, 9.17) is 13.9 Å². The lowest BCUT2D eigenvalue weighted by molar-refractivity contribution is 0.0495. The first-order chi connectivity index (χ1) is 15.9. The summed E-state index contributed by atoms with van der Waals surface area (Å²) in [6, 6.07) is 8.02. The largest absolute Gasteiger partial charge is 0.486 e. The maximum absolute atomic E-state index is 13.9. The second-order valence-corrected chi connectivity index (χ2v) is 10.2. The minimum absolute atomic E-state index is 0.116. The maximum Gasteiger partial charge on any atom is 0.243 e. The summed E-state index contributed by atoms with van der Waals surface area (Å²) < 4.78 is 71.7. The van der Waals surface area contributed by atoms with Crippen LogP contribution < -0.4 is 14.2 Å². The van der Waals surface area contributed by atoms with Gasteiger partial charge in [-0.25, -0.2) is 21.9 Å². The van der Waals surface area contributed by atoms with Gasteiger partial charge in [0.2, 0.25) is 10.0 Å². The van der Waals surface area contributed by atoms with Crippen molar-refractivity contribution in [2.24, 2.45) is 5.92 Å². The van der Waals surface area contributed by atoms with E-state index < -0.39 is 26.6 Å². The number of hydrogen-bond acceptors (Lipinski definition) is 6. The molecular weight excluding hydrogens is 454 g/mol. The fraction of sp³-hybridized carbons (Fsp3) is 0.391. The van der Waals surface area contributed by atoms with Gasteiger partial charge in [0.25, 0.3) is 0 Å². The number of furan rings is 1. The van der Waals surface area contributed by atoms with Crippen molar-refractivity contribution in [3.05, 3.63) is 54.3 Å². The average Bonchev–Trinajstić information content (AvgIpc) is 3.28. The van der Waals surface area contributed by atoms with Gasteiger partial charge in [0.15, 0.2) is 11.5 Å². The Kier molecular flexibility index (Phi) is 5.98. The molecule has 3 heterocycles. The summed E-state index contributed by atoms with van der Waals surface area (Å²) in [5.41, 5.74) is 0.752. The summed E-state index contributed by atoms with van der Waals surface area (Å²) in [5, 5.41) is 0.890. The van der Waals surface area contributed by atoms with Gasteiger partial charge >= 0.3 is 0 Å². The molecule has 176 valence electrons. The third-order valence-electron chi connectivity index (χ3n) is 6.17. The molecule has 10 heteroatoms. The summed E-state index contributed by atoms with van der Waals surface area (Å²) in [6.45, 7) is 2.95. The summed E-state index contributed by atoms with van der Waals surface area (Å²) in [7, 11) is -4.03. The summed E-state index contributed by atoms with van der Waals surface area (Å²) >= 11 is 0. The number of likely N-dealkylation sites (tertiary alicyclic amines) is 1. The predicted molar refractivity (Wildman–Crippen MR) is 117 cm³/mol. The van der Waals surface area contributed by atoms with Gasteiger partial charge in [-0.05, 0) is 62.2 Å². The highest BCUT2D eigenvalue weighted by Gasteiger charge is 2.28. The predicted octanol–water partition coefficient (Wildman–Crippen LogP) is 3.54. The van der Waals surface area contributed by atoms with Crippen LogP contribution in [0.3, 0.4) is 0 Å². The van der Waals surface area contributed by atoms with Gasteiger partial charge in [-0.1, -0.05) is 0 Å². The van der Waals surface area contributed by atoms with Gasteiger partial charge in [0, 0.05) is 19.2 Å². The van der Waals surface area contributed by atoms with E-state index in [0.29, 0.717) is 30.7 Å². The molecule has 0 radical (unpaired) electrons. The molecule has 1 atom stereocenters. The third kappa shape index (κ3) is 4.68. The van der Waals surface area contributed by atoms with Gasteiger partial charge in [0.1, 0.15) is 34.8 Å². The number of rotatable bonds is 6. The van der Waals surface area contributed by atoms with Crippen molar-refractivity contribution in [2.75, 3.05) is 32.8 Å². The minimum Gasteiger partial charge on any atom is -0.486 e. The third-order valence-corrected chi connectivity index (χ3v) is 7.63. The minimum atomic E-state index is -4.03. The number of benzene rings is 2. The molecule has 0 spiro atoms. The van der Waals surface area contributed by atoms with Crippen molar-refractivity contribution in [1.82, 2.24) is 9.62 Å². The van der Waals surface area contributed by atoms with Crippen LogP contribution in [0.25, 0.3) is 11.0 Å². The highest BCUT2D eigenvalue weighted by Crippen LogP contribution is 2.39. The molecule has 1 fully saturated rings. The molecule has 2 aliphatic heterocycles. The molecule has 0 bridgehead atoms. The molecule has 7 nitrogen and oxygen atoms in total. The molecule has 33 heavy (non-hydrogen) atoms. The zero-order chi connectivity index (χ0) is 23.0. The zero-order valence-corrected chi connectivity index (χ0v) is 18.6. The van der Waals surface area contributed by atoms with Crippen molar-refractivity contribution >= 4 is 21.0 Å². The summed E-state index contributed by atoms with van der Waals surface area (Å²) in [4.78, 5) is 1.74. The Hall–Kier alpha value is -2.69. The Labute approximate surface area is 190 Å². The first-order valence-corrected chi connectivity index (χ1v) is 12.3. The molecule has 2 aromatic carbocycles. The molecule has 1 aromatic heterocycles. The van der Waals surface area contributed by atoms with E-state index in [1.165, 1.54) is 0 Å². The van der Waals surface area contributed by atoms with Gasteiger partial charge in [0.05, 0.1) is 11.6 Å². The Morgan fingerprint density at radius 2 is 1.91 bits per heavy atom. The van der Waals surface area contributed by atoms with E-state index in [2.05, 4.69) is 9.62 Å². The Bertz CT molecular complexity index is 1250. The van der Waals surface area contributed by atoms with Crippen molar-refractivity contribution in [2.45, 2.75) is 23.8 Å². The van der Waals surface area contributed by atoms with E-state index in [0.717, 1.165) is 49.0 Å². The number of nitrogens with zero attached hydrogens (tertiary/aromatic N) is 1. The maximum atomic E-state index is 13.9. The Balaban J connectivity index is 1.12. The van der Waals surface area contributed by atoms with E-state index in [9.17, 15) is 17.2 Å². The quantitative estimate of drug-likeness (QED) is 0.584. The molecule has 2 aliphatic rings. The Morgan fingerprint density at radius 3 is 2.70 bits per heavy atom. The van der Waals surface area contributed by atoms with Crippen LogP contribution in [0.4, 0.5) is 8.78 Å². The van der Waals surface area contributed by atoms with Crippen LogP contribution in [-0.2, 0) is 10.0 Å². The van der Waals surface area contributed by atoms with E-state index in [-0.39, 0.29) is 18.6 Å². The molecule has 1 N–H and O–H groups in total. The van der Waals surface area contributed by atoms with Crippen LogP contribution in [0.5, 0.6) is 11.5 Å². The molecule has 5 rings (SSSR count). The molecule has 3 aromatic rings. The fourth-order valence-electron chi connectivity index (χ4n) is 4.37. The van der Waals surface area contributed by atoms with Gasteiger partial charge < -0.3 is 13.9 Å². The molecule has 0 aliphatic carbocycles. The van der Waals surface area contributed by atoms with Crippen LogP contribution in [0.2, 0.25) is 0 Å². The van der Waals surface area contributed by atoms with Crippen LogP contribution >= 0.6 is 0 Å². The first kappa shape index (κ1) is 22.1. The van der Waals surface area contributed by atoms with Crippen molar-refractivity contribution in [3.8, 4) is 11.5 Å². The smallest absolute Gasteiger partial charge is 0.243 e. The van der Waals surface area contributed by atoms with Crippen LogP contribution in [0.1, 0.15) is 12.8 Å². The highest BCUT2D eigenvalue weighted by molar-refractivity contribution is 7.89. The summed E-state index contributed by atoms with van der Waals surface area (Å²) in [6.07, 6.45) is 3.10. The Morgan fingerprint density at radius 1 is 1.09 bits per heavy atom. The number of sulfonamides is 1. The number of halogens is 2. The number of ether oxygens (including phenoxy) is 2. The number of hydrogen-bond donors (Lipinski definition) is 1. The first-order valence-electron chi connectivity index (χ1n) is 10.9. The van der Waals surface area contributed by atoms with E-state index >= 15 is 0 Å². The van der Waals surface area contributed by atoms with Gasteiger partial charge in [-0.3, -0.25) is 4.90 Å². The highest BCUT2D eigenvalue weighted by atomic mass is 32.2. The standard InChI is InChI=1S/C23H24F2N2O5S/c24-16-1-4-22(19(25)11-16)33(28,29)26-12-15-5-8-27(9-6-15)13-17-14-31-21-3-2-20-18(7-10-30-20)23(21)32-17/h1-4,7,10-11,15,17,26H,5-6,8-9,12-14H2/t17-/m0/s1. The van der Waals surface area contributed by atoms with Crippen molar-refractivity contribution in [3.63, 3.8) is 0 Å². The van der Waals surface area contributed by atoms with Gasteiger partial charge in [-0.15, -0.1) is 0 Å². The lowest BCUT2D eigenvalue weighted by Gasteiger charge is -2.35. The molecule has 0 unspecified atom stereocenters. The topological polar surface area (TPSA) is 81.0 Å². The number of nitrogens with one attached hydrogen (secondary N) is 1. The second-order valence-electron chi connectivity index (χ2n) is 8.45. The van der Waals surface area contributed by atoms with Gasteiger partial charge in [-0.2, -0.15) is 0 Å². The van der Waals surface area contributed by atoms with E-state index in [1.807, 2.05) is 18.2 Å². The molecule has 1 saturated heterocycles. The molecule has 0 saturated carbocycles. The number of piperidine rings is 1. The fourth-order valence-corrected chi connectivity index (χ4v) is 5.54. The van der Waals surface area contributed by atoms with Crippen LogP contribution in [-0.4, -0.2) is 52.2 Å². The summed E-state index contributed by atoms with van der Waals surface area (Å²) in [5.74, 6) is -0.363. The zero-order valence-electron chi connectivity index (χ0n) is 17.8.